The number of phenols is 1. The van der Waals surface area contributed by atoms with Crippen molar-refractivity contribution in [2.45, 2.75) is 13.8 Å². The van der Waals surface area contributed by atoms with Crippen LogP contribution in [-0.4, -0.2) is 22.1 Å². The van der Waals surface area contributed by atoms with Gasteiger partial charge >= 0.3 is 5.69 Å². The lowest BCUT2D eigenvalue weighted by molar-refractivity contribution is -0.386. The van der Waals surface area contributed by atoms with E-state index >= 15 is 0 Å². The van der Waals surface area contributed by atoms with Crippen molar-refractivity contribution in [3.05, 3.63) is 56.1 Å². The van der Waals surface area contributed by atoms with Crippen LogP contribution in [0.1, 0.15) is 21.7 Å². The molecule has 6 nitrogen and oxygen atoms in total. The molecule has 1 heterocycles. The number of aromatic hydroxyl groups is 1. The Morgan fingerprint density at radius 1 is 1.20 bits per heavy atom. The molecule has 0 aliphatic rings. The molecule has 0 atom stereocenters. The second-order valence-electron chi connectivity index (χ2n) is 5.64. The van der Waals surface area contributed by atoms with Crippen LogP contribution >= 0.6 is 11.3 Å². The Balaban J connectivity index is 1.99. The molecule has 1 N–H and O–H groups in total. The maximum absolute atomic E-state index is 11.1. The number of ether oxygens (including phenoxy) is 1. The Bertz CT molecular complexity index is 969. The number of nitrogens with zero attached hydrogens (tertiary/aromatic N) is 2. The molecule has 25 heavy (non-hydrogen) atoms. The lowest BCUT2D eigenvalue weighted by Gasteiger charge is -2.05. The Labute approximate surface area is 148 Å². The maximum Gasteiger partial charge on any atom is 0.315 e. The van der Waals surface area contributed by atoms with E-state index in [-0.39, 0.29) is 5.75 Å². The summed E-state index contributed by atoms with van der Waals surface area (Å²) in [6.45, 7) is 4.11. The summed E-state index contributed by atoms with van der Waals surface area (Å²) < 4.78 is 6.10. The van der Waals surface area contributed by atoms with E-state index in [0.717, 1.165) is 15.2 Å². The van der Waals surface area contributed by atoms with E-state index in [4.69, 9.17) is 4.74 Å². The number of aryl methyl sites for hydroxylation is 2. The number of thiazole rings is 1. The van der Waals surface area contributed by atoms with Crippen molar-refractivity contribution in [3.63, 3.8) is 0 Å². The van der Waals surface area contributed by atoms with Gasteiger partial charge < -0.3 is 9.84 Å². The lowest BCUT2D eigenvalue weighted by atomic mass is 10.1. The summed E-state index contributed by atoms with van der Waals surface area (Å²) in [6, 6.07) is 7.00. The molecule has 3 rings (SSSR count). The average Bonchev–Trinajstić information content (AvgIpc) is 2.95. The van der Waals surface area contributed by atoms with Gasteiger partial charge in [-0.25, -0.2) is 4.98 Å². The third kappa shape index (κ3) is 3.32. The minimum Gasteiger partial charge on any atom is -0.500 e. The normalized spacial score (nSPS) is 11.3. The number of benzene rings is 2. The van der Waals surface area contributed by atoms with Crippen LogP contribution in [0.4, 0.5) is 5.69 Å². The molecular formula is C18H16N2O4S. The number of rotatable bonds is 4. The SMILES string of the molecule is COc1cc(/C=C\c2nc3cc(C)c(C)cc3s2)cc([N+](=O)[O-])c1O. The quantitative estimate of drug-likeness (QED) is 0.541. The molecule has 0 unspecified atom stereocenters. The van der Waals surface area contributed by atoms with Gasteiger partial charge in [0.25, 0.3) is 0 Å². The molecule has 0 bridgehead atoms. The van der Waals surface area contributed by atoms with Crippen LogP contribution in [0.3, 0.4) is 0 Å². The summed E-state index contributed by atoms with van der Waals surface area (Å²) in [5.74, 6) is -0.417. The highest BCUT2D eigenvalue weighted by Crippen LogP contribution is 2.37. The largest absolute Gasteiger partial charge is 0.500 e. The van der Waals surface area contributed by atoms with Crippen molar-refractivity contribution < 1.29 is 14.8 Å². The van der Waals surface area contributed by atoms with Gasteiger partial charge in [-0.3, -0.25) is 10.1 Å². The number of aromatic nitrogens is 1. The van der Waals surface area contributed by atoms with Crippen molar-refractivity contribution >= 4 is 39.4 Å². The van der Waals surface area contributed by atoms with E-state index in [9.17, 15) is 15.2 Å². The number of methoxy groups -OCH3 is 1. The second-order valence-corrected chi connectivity index (χ2v) is 6.70. The molecule has 0 spiro atoms. The fourth-order valence-electron chi connectivity index (χ4n) is 2.44. The molecule has 0 radical (unpaired) electrons. The number of fused-ring (bicyclic) bond motifs is 1. The number of hydrogen-bond acceptors (Lipinski definition) is 6. The Hall–Kier alpha value is -2.93. The molecule has 7 heteroatoms. The van der Waals surface area contributed by atoms with Gasteiger partial charge in [-0.1, -0.05) is 6.08 Å². The first-order valence-corrected chi connectivity index (χ1v) is 8.32. The van der Waals surface area contributed by atoms with Gasteiger partial charge in [-0.05, 0) is 54.8 Å². The van der Waals surface area contributed by atoms with Crippen molar-refractivity contribution in [1.29, 1.82) is 0 Å². The number of phenolic OH excluding ortho intramolecular Hbond substituents is 1. The van der Waals surface area contributed by atoms with Crippen LogP contribution in [0.5, 0.6) is 11.5 Å². The van der Waals surface area contributed by atoms with E-state index in [0.29, 0.717) is 5.56 Å². The first-order valence-electron chi connectivity index (χ1n) is 7.50. The number of nitro groups is 1. The van der Waals surface area contributed by atoms with Crippen LogP contribution in [-0.2, 0) is 0 Å². The first-order chi connectivity index (χ1) is 11.9. The topological polar surface area (TPSA) is 85.5 Å². The van der Waals surface area contributed by atoms with Crippen LogP contribution in [0.15, 0.2) is 24.3 Å². The van der Waals surface area contributed by atoms with E-state index in [1.807, 2.05) is 13.0 Å². The highest BCUT2D eigenvalue weighted by Gasteiger charge is 2.19. The van der Waals surface area contributed by atoms with Crippen molar-refractivity contribution in [3.8, 4) is 11.5 Å². The van der Waals surface area contributed by atoms with E-state index < -0.39 is 16.4 Å². The average molecular weight is 356 g/mol. The Kier molecular flexibility index (Phi) is 4.41. The minimum atomic E-state index is -0.640. The van der Waals surface area contributed by atoms with Crippen molar-refractivity contribution in [2.24, 2.45) is 0 Å². The Morgan fingerprint density at radius 2 is 1.92 bits per heavy atom. The zero-order valence-electron chi connectivity index (χ0n) is 13.9. The summed E-state index contributed by atoms with van der Waals surface area (Å²) in [5, 5.41) is 21.7. The summed E-state index contributed by atoms with van der Waals surface area (Å²) in [4.78, 5) is 15.0. The molecule has 128 valence electrons. The summed E-state index contributed by atoms with van der Waals surface area (Å²) in [5.41, 5.74) is 3.49. The van der Waals surface area contributed by atoms with Crippen LogP contribution < -0.4 is 4.74 Å². The zero-order valence-corrected chi connectivity index (χ0v) is 14.8. The van der Waals surface area contributed by atoms with Crippen LogP contribution in [0.25, 0.3) is 22.4 Å². The van der Waals surface area contributed by atoms with E-state index in [2.05, 4.69) is 18.0 Å². The fraction of sp³-hybridized carbons (Fsp3) is 0.167. The first kappa shape index (κ1) is 16.9. The molecule has 3 aromatic rings. The highest BCUT2D eigenvalue weighted by atomic mass is 32.1. The van der Waals surface area contributed by atoms with Gasteiger partial charge in [-0.2, -0.15) is 0 Å². The van der Waals surface area contributed by atoms with Gasteiger partial charge in [-0.15, -0.1) is 11.3 Å². The van der Waals surface area contributed by atoms with Crippen molar-refractivity contribution in [2.75, 3.05) is 7.11 Å². The standard InChI is InChI=1S/C18H16N2O4S/c1-10-6-13-16(7-11(10)2)25-17(19-13)5-4-12-8-14(20(22)23)18(21)15(9-12)24-3/h4-9,21H,1-3H3/b5-4-. The van der Waals surface area contributed by atoms with Gasteiger partial charge in [0, 0.05) is 6.07 Å². The monoisotopic (exact) mass is 356 g/mol. The molecule has 0 amide bonds. The molecule has 2 aromatic carbocycles. The molecule has 0 saturated carbocycles. The maximum atomic E-state index is 11.1. The van der Waals surface area contributed by atoms with Gasteiger partial charge in [0.05, 0.1) is 22.2 Å². The lowest BCUT2D eigenvalue weighted by Crippen LogP contribution is -1.93. The molecule has 1 aromatic heterocycles. The van der Waals surface area contributed by atoms with E-state index in [1.54, 1.807) is 29.6 Å². The minimum absolute atomic E-state index is 0.0596. The highest BCUT2D eigenvalue weighted by molar-refractivity contribution is 7.19. The smallest absolute Gasteiger partial charge is 0.315 e. The predicted molar refractivity (Wildman–Crippen MR) is 99.3 cm³/mol. The number of hydrogen-bond donors (Lipinski definition) is 1. The van der Waals surface area contributed by atoms with Crippen LogP contribution in [0, 0.1) is 24.0 Å². The fourth-order valence-corrected chi connectivity index (χ4v) is 3.39. The summed E-state index contributed by atoms with van der Waals surface area (Å²) in [6.07, 6.45) is 3.51. The van der Waals surface area contributed by atoms with Gasteiger partial charge in [0.1, 0.15) is 5.01 Å². The Morgan fingerprint density at radius 3 is 2.60 bits per heavy atom. The third-order valence-electron chi connectivity index (χ3n) is 3.93. The molecular weight excluding hydrogens is 340 g/mol. The predicted octanol–water partition coefficient (Wildman–Crippen LogP) is 4.71. The van der Waals surface area contributed by atoms with Gasteiger partial charge in [0.2, 0.25) is 5.75 Å². The molecule has 0 aliphatic heterocycles. The van der Waals surface area contributed by atoms with Gasteiger partial charge in [0.15, 0.2) is 5.75 Å². The van der Waals surface area contributed by atoms with Crippen molar-refractivity contribution in [1.82, 2.24) is 4.98 Å². The third-order valence-corrected chi connectivity index (χ3v) is 4.92. The number of nitro benzene ring substituents is 1. The molecule has 0 fully saturated rings. The second kappa shape index (κ2) is 6.52. The molecule has 0 aliphatic carbocycles. The molecule has 0 saturated heterocycles. The van der Waals surface area contributed by atoms with E-state index in [1.165, 1.54) is 24.3 Å². The summed E-state index contributed by atoms with van der Waals surface area (Å²) >= 11 is 1.55. The zero-order chi connectivity index (χ0) is 18.1. The summed E-state index contributed by atoms with van der Waals surface area (Å²) in [7, 11) is 1.35. The van der Waals surface area contributed by atoms with Crippen LogP contribution in [0.2, 0.25) is 0 Å².